The molecule has 51 heavy (non-hydrogen) atoms. The molecular weight excluding hydrogens is 658 g/mol. The molecule has 13 nitrogen and oxygen atoms in total. The molecule has 1 saturated heterocycles. The molecule has 0 spiro atoms. The highest BCUT2D eigenvalue weighted by Crippen LogP contribution is 2.36. The SMILES string of the molecule is CCC(OC)Oc1cc(C[C@@H](C[C@H]2[C@H](C[C@H](C(=O)NCC(C)(C)C(N)=O)C(C)C)OCN2C(=O)OC(C)OC(=O)C(C)C)C(C)C)ccc1OC. The molecule has 1 fully saturated rings. The molecule has 1 aromatic carbocycles. The van der Waals surface area contributed by atoms with Crippen molar-refractivity contribution in [1.82, 2.24) is 10.2 Å². The van der Waals surface area contributed by atoms with Gasteiger partial charge in [0, 0.05) is 32.9 Å². The summed E-state index contributed by atoms with van der Waals surface area (Å²) < 4.78 is 34.3. The lowest BCUT2D eigenvalue weighted by molar-refractivity contribution is -0.170. The van der Waals surface area contributed by atoms with Gasteiger partial charge < -0.3 is 39.5 Å². The van der Waals surface area contributed by atoms with Gasteiger partial charge in [0.25, 0.3) is 0 Å². The molecule has 0 saturated carbocycles. The van der Waals surface area contributed by atoms with Gasteiger partial charge in [-0.2, -0.15) is 0 Å². The summed E-state index contributed by atoms with van der Waals surface area (Å²) in [5.41, 5.74) is 5.64. The monoisotopic (exact) mass is 721 g/mol. The maximum absolute atomic E-state index is 13.6. The fraction of sp³-hybridized carbons (Fsp3) is 0.737. The summed E-state index contributed by atoms with van der Waals surface area (Å²) in [6.07, 6.45) is -0.531. The first-order valence-electron chi connectivity index (χ1n) is 18.1. The topological polar surface area (TPSA) is 165 Å². The van der Waals surface area contributed by atoms with E-state index in [1.807, 2.05) is 39.0 Å². The summed E-state index contributed by atoms with van der Waals surface area (Å²) in [5, 5.41) is 2.91. The highest BCUT2D eigenvalue weighted by Gasteiger charge is 2.43. The Bertz CT molecular complexity index is 1300. The van der Waals surface area contributed by atoms with E-state index in [9.17, 15) is 19.2 Å². The normalized spacial score (nSPS) is 18.7. The zero-order valence-electron chi connectivity index (χ0n) is 32.8. The number of primary amides is 1. The molecule has 1 aliphatic heterocycles. The van der Waals surface area contributed by atoms with Gasteiger partial charge in [-0.25, -0.2) is 4.79 Å². The van der Waals surface area contributed by atoms with Crippen LogP contribution >= 0.6 is 0 Å². The van der Waals surface area contributed by atoms with Gasteiger partial charge in [0.1, 0.15) is 6.73 Å². The second-order valence-corrected chi connectivity index (χ2v) is 15.1. The zero-order chi connectivity index (χ0) is 38.6. The van der Waals surface area contributed by atoms with Crippen LogP contribution in [-0.2, 0) is 39.8 Å². The number of rotatable bonds is 20. The van der Waals surface area contributed by atoms with E-state index in [2.05, 4.69) is 19.2 Å². The number of amides is 3. The van der Waals surface area contributed by atoms with Crippen LogP contribution in [0.5, 0.6) is 11.5 Å². The predicted octanol–water partition coefficient (Wildman–Crippen LogP) is 5.66. The lowest BCUT2D eigenvalue weighted by atomic mass is 9.80. The van der Waals surface area contributed by atoms with E-state index < -0.39 is 54.0 Å². The lowest BCUT2D eigenvalue weighted by Gasteiger charge is -2.33. The number of hydrogen-bond acceptors (Lipinski definition) is 10. The Morgan fingerprint density at radius 2 is 1.65 bits per heavy atom. The number of methoxy groups -OCH3 is 2. The summed E-state index contributed by atoms with van der Waals surface area (Å²) in [7, 11) is 3.19. The van der Waals surface area contributed by atoms with Crippen molar-refractivity contribution in [3.05, 3.63) is 23.8 Å². The number of hydrogen-bond donors (Lipinski definition) is 2. The smallest absolute Gasteiger partial charge is 0.415 e. The van der Waals surface area contributed by atoms with Crippen molar-refractivity contribution < 1.29 is 47.6 Å². The second-order valence-electron chi connectivity index (χ2n) is 15.1. The summed E-state index contributed by atoms with van der Waals surface area (Å²) in [6.45, 7) is 18.5. The second kappa shape index (κ2) is 19.9. The number of nitrogens with one attached hydrogen (secondary N) is 1. The molecule has 2 rings (SSSR count). The number of carbonyl (C=O) groups is 4. The van der Waals surface area contributed by atoms with Gasteiger partial charge in [-0.05, 0) is 68.6 Å². The van der Waals surface area contributed by atoms with Crippen LogP contribution in [0.3, 0.4) is 0 Å². The first-order chi connectivity index (χ1) is 23.8. The van der Waals surface area contributed by atoms with Crippen LogP contribution in [-0.4, -0.2) is 81.0 Å². The molecule has 1 heterocycles. The van der Waals surface area contributed by atoms with Crippen molar-refractivity contribution in [3.63, 3.8) is 0 Å². The van der Waals surface area contributed by atoms with E-state index in [4.69, 9.17) is 34.2 Å². The zero-order valence-corrected chi connectivity index (χ0v) is 32.8. The molecule has 1 aliphatic rings. The predicted molar refractivity (Wildman–Crippen MR) is 193 cm³/mol. The largest absolute Gasteiger partial charge is 0.493 e. The number of carbonyl (C=O) groups excluding carboxylic acids is 4. The van der Waals surface area contributed by atoms with Gasteiger partial charge in [0.15, 0.2) is 17.8 Å². The Morgan fingerprint density at radius 1 is 0.980 bits per heavy atom. The molecule has 0 aromatic heterocycles. The summed E-state index contributed by atoms with van der Waals surface area (Å²) in [6, 6.07) is 5.38. The van der Waals surface area contributed by atoms with Crippen molar-refractivity contribution in [1.29, 1.82) is 0 Å². The highest BCUT2D eigenvalue weighted by atomic mass is 16.7. The van der Waals surface area contributed by atoms with Crippen molar-refractivity contribution in [3.8, 4) is 11.5 Å². The average Bonchev–Trinajstić information content (AvgIpc) is 3.46. The molecule has 3 amide bonds. The third-order valence-corrected chi connectivity index (χ3v) is 9.58. The van der Waals surface area contributed by atoms with Gasteiger partial charge in [0.2, 0.25) is 18.1 Å². The van der Waals surface area contributed by atoms with E-state index in [0.29, 0.717) is 37.2 Å². The fourth-order valence-electron chi connectivity index (χ4n) is 5.85. The Kier molecular flexibility index (Phi) is 17.0. The molecule has 0 aliphatic carbocycles. The maximum Gasteiger partial charge on any atom is 0.415 e. The van der Waals surface area contributed by atoms with Crippen LogP contribution in [0.2, 0.25) is 0 Å². The highest BCUT2D eigenvalue weighted by molar-refractivity contribution is 5.83. The van der Waals surface area contributed by atoms with Crippen LogP contribution in [0.15, 0.2) is 18.2 Å². The molecule has 1 aromatic rings. The molecule has 0 bridgehead atoms. The Morgan fingerprint density at radius 3 is 2.18 bits per heavy atom. The van der Waals surface area contributed by atoms with Crippen LogP contribution in [0, 0.1) is 35.0 Å². The van der Waals surface area contributed by atoms with E-state index in [1.54, 1.807) is 41.9 Å². The minimum atomic E-state index is -1.10. The summed E-state index contributed by atoms with van der Waals surface area (Å²) >= 11 is 0. The van der Waals surface area contributed by atoms with E-state index in [-0.39, 0.29) is 42.9 Å². The number of nitrogens with zero attached hydrogens (tertiary/aromatic N) is 1. The first kappa shape index (κ1) is 43.6. The third kappa shape index (κ3) is 12.9. The van der Waals surface area contributed by atoms with Crippen LogP contribution in [0.1, 0.15) is 94.1 Å². The minimum Gasteiger partial charge on any atom is -0.493 e. The van der Waals surface area contributed by atoms with E-state index in [1.165, 1.54) is 11.8 Å². The van der Waals surface area contributed by atoms with Crippen LogP contribution in [0.25, 0.3) is 0 Å². The first-order valence-corrected chi connectivity index (χ1v) is 18.1. The maximum atomic E-state index is 13.6. The summed E-state index contributed by atoms with van der Waals surface area (Å²) in [5.74, 6) is -0.700. The van der Waals surface area contributed by atoms with Gasteiger partial charge in [-0.3, -0.25) is 19.3 Å². The molecule has 3 N–H and O–H groups in total. The van der Waals surface area contributed by atoms with Gasteiger partial charge >= 0.3 is 12.1 Å². The van der Waals surface area contributed by atoms with Crippen molar-refractivity contribution in [2.75, 3.05) is 27.5 Å². The number of nitrogens with two attached hydrogens (primary N) is 1. The number of benzene rings is 1. The van der Waals surface area contributed by atoms with Gasteiger partial charge in [-0.1, -0.05) is 54.5 Å². The van der Waals surface area contributed by atoms with E-state index >= 15 is 0 Å². The average molecular weight is 722 g/mol. The summed E-state index contributed by atoms with van der Waals surface area (Å²) in [4.78, 5) is 52.8. The lowest BCUT2D eigenvalue weighted by Crippen LogP contribution is -2.47. The molecule has 0 radical (unpaired) electrons. The molecule has 6 atom stereocenters. The Balaban J connectivity index is 2.42. The Labute approximate surface area is 304 Å². The number of ether oxygens (including phenoxy) is 6. The van der Waals surface area contributed by atoms with Gasteiger partial charge in [0.05, 0.1) is 30.6 Å². The van der Waals surface area contributed by atoms with E-state index in [0.717, 1.165) is 5.56 Å². The third-order valence-electron chi connectivity index (χ3n) is 9.58. The molecular formula is C38H63N3O10. The Hall–Kier alpha value is -3.58. The number of esters is 1. The molecule has 290 valence electrons. The molecule has 13 heteroatoms. The van der Waals surface area contributed by atoms with Crippen molar-refractivity contribution in [2.24, 2.45) is 40.7 Å². The fourth-order valence-corrected chi connectivity index (χ4v) is 5.85. The standard InChI is InChI=1S/C38H63N3O10/c1-13-33(47-12)51-32-17-26(14-15-30(32)46-11)16-27(22(2)3)18-29-31(19-28(23(4)5)34(42)40-20-38(9,10)36(39)44)48-21-41(29)37(45)50-25(8)49-35(43)24(6)7/h14-15,17,22-25,27-29,31,33H,13,16,18-21H2,1-12H3,(H2,39,44)(H,40,42)/t25?,27-,28-,29-,31-,33?/m0/s1. The van der Waals surface area contributed by atoms with Crippen molar-refractivity contribution in [2.45, 2.75) is 120 Å². The molecule has 2 unspecified atom stereocenters. The van der Waals surface area contributed by atoms with Crippen LogP contribution < -0.4 is 20.5 Å². The minimum absolute atomic E-state index is 0.0546. The van der Waals surface area contributed by atoms with Gasteiger partial charge in [-0.15, -0.1) is 0 Å². The van der Waals surface area contributed by atoms with Crippen LogP contribution in [0.4, 0.5) is 4.79 Å². The van der Waals surface area contributed by atoms with Crippen molar-refractivity contribution >= 4 is 23.9 Å². The quantitative estimate of drug-likeness (QED) is 0.127.